The molecule has 0 amide bonds. The molecule has 0 bridgehead atoms. The topological polar surface area (TPSA) is 101 Å². The zero-order valence-corrected chi connectivity index (χ0v) is 12.0. The highest BCUT2D eigenvalue weighted by molar-refractivity contribution is 6.03. The molecule has 6 nitrogen and oxygen atoms in total. The van der Waals surface area contributed by atoms with Gasteiger partial charge in [0.05, 0.1) is 5.56 Å². The molecule has 0 aliphatic heterocycles. The SMILES string of the molecule is Cc1cc(C)c(C(=O)O)c(C)c1OC(=O)C1(C(=O)O)CC1. The van der Waals surface area contributed by atoms with E-state index in [1.807, 2.05) is 0 Å². The van der Waals surface area contributed by atoms with Crippen LogP contribution in [0.15, 0.2) is 6.07 Å². The summed E-state index contributed by atoms with van der Waals surface area (Å²) in [7, 11) is 0. The lowest BCUT2D eigenvalue weighted by Gasteiger charge is -2.16. The molecule has 0 radical (unpaired) electrons. The van der Waals surface area contributed by atoms with Gasteiger partial charge < -0.3 is 14.9 Å². The Bertz CT molecular complexity index is 655. The molecule has 1 aromatic rings. The third kappa shape index (κ3) is 2.37. The quantitative estimate of drug-likeness (QED) is 0.500. The lowest BCUT2D eigenvalue weighted by Crippen LogP contribution is -2.30. The van der Waals surface area contributed by atoms with Gasteiger partial charge in [0.1, 0.15) is 5.75 Å². The highest BCUT2D eigenvalue weighted by Gasteiger charge is 2.59. The summed E-state index contributed by atoms with van der Waals surface area (Å²) < 4.78 is 5.23. The summed E-state index contributed by atoms with van der Waals surface area (Å²) in [6.07, 6.45) is 0.494. The van der Waals surface area contributed by atoms with Crippen LogP contribution in [0.5, 0.6) is 5.75 Å². The average molecular weight is 292 g/mol. The fourth-order valence-corrected chi connectivity index (χ4v) is 2.47. The molecule has 0 unspecified atom stereocenters. The second kappa shape index (κ2) is 4.87. The number of aromatic carboxylic acids is 1. The third-order valence-corrected chi connectivity index (χ3v) is 3.86. The minimum Gasteiger partial charge on any atom is -0.480 e. The summed E-state index contributed by atoms with van der Waals surface area (Å²) in [4.78, 5) is 34.5. The van der Waals surface area contributed by atoms with Gasteiger partial charge in [0.15, 0.2) is 5.41 Å². The number of rotatable bonds is 4. The van der Waals surface area contributed by atoms with E-state index >= 15 is 0 Å². The largest absolute Gasteiger partial charge is 0.480 e. The van der Waals surface area contributed by atoms with Gasteiger partial charge in [0.25, 0.3) is 0 Å². The standard InChI is InChI=1S/C15H16O6/c1-7-6-8(2)11(9(3)10(7)12(16)17)21-14(20)15(4-5-15)13(18)19/h6H,4-5H2,1-3H3,(H,16,17)(H,18,19). The Morgan fingerprint density at radius 2 is 1.67 bits per heavy atom. The first kappa shape index (κ1) is 15.0. The zero-order chi connectivity index (χ0) is 15.9. The van der Waals surface area contributed by atoms with E-state index in [-0.39, 0.29) is 24.2 Å². The minimum atomic E-state index is -1.47. The molecule has 1 saturated carbocycles. The van der Waals surface area contributed by atoms with E-state index in [4.69, 9.17) is 9.84 Å². The summed E-state index contributed by atoms with van der Waals surface area (Å²) in [5, 5.41) is 18.3. The monoisotopic (exact) mass is 292 g/mol. The molecule has 2 rings (SSSR count). The van der Waals surface area contributed by atoms with E-state index in [1.54, 1.807) is 26.8 Å². The van der Waals surface area contributed by atoms with Crippen LogP contribution in [0.1, 0.15) is 39.9 Å². The maximum Gasteiger partial charge on any atom is 0.336 e. The predicted molar refractivity (Wildman–Crippen MR) is 72.6 cm³/mol. The van der Waals surface area contributed by atoms with Crippen molar-refractivity contribution in [2.45, 2.75) is 33.6 Å². The van der Waals surface area contributed by atoms with Crippen LogP contribution in [-0.2, 0) is 9.59 Å². The highest BCUT2D eigenvalue weighted by atomic mass is 16.5. The molecule has 0 atom stereocenters. The third-order valence-electron chi connectivity index (χ3n) is 3.86. The highest BCUT2D eigenvalue weighted by Crippen LogP contribution is 2.47. The summed E-state index contributed by atoms with van der Waals surface area (Å²) >= 11 is 0. The molecule has 0 saturated heterocycles. The van der Waals surface area contributed by atoms with Crippen molar-refractivity contribution in [1.29, 1.82) is 0 Å². The number of benzene rings is 1. The van der Waals surface area contributed by atoms with E-state index in [1.165, 1.54) is 0 Å². The first-order chi connectivity index (χ1) is 9.70. The van der Waals surface area contributed by atoms with E-state index in [9.17, 15) is 19.5 Å². The molecule has 0 aromatic heterocycles. The van der Waals surface area contributed by atoms with Gasteiger partial charge in [-0.05, 0) is 44.7 Å². The average Bonchev–Trinajstić information content (AvgIpc) is 3.14. The zero-order valence-electron chi connectivity index (χ0n) is 12.0. The number of aliphatic carboxylic acids is 1. The minimum absolute atomic E-state index is 0.0728. The van der Waals surface area contributed by atoms with Crippen molar-refractivity contribution in [3.05, 3.63) is 28.3 Å². The summed E-state index contributed by atoms with van der Waals surface area (Å²) in [5.74, 6) is -3.01. The Morgan fingerprint density at radius 3 is 2.10 bits per heavy atom. The van der Waals surface area contributed by atoms with Gasteiger partial charge in [0, 0.05) is 5.56 Å². The molecule has 1 fully saturated rings. The fourth-order valence-electron chi connectivity index (χ4n) is 2.47. The number of aryl methyl sites for hydroxylation is 2. The van der Waals surface area contributed by atoms with Gasteiger partial charge in [0.2, 0.25) is 0 Å². The van der Waals surface area contributed by atoms with Crippen LogP contribution < -0.4 is 4.74 Å². The first-order valence-corrected chi connectivity index (χ1v) is 6.50. The molecule has 1 aliphatic carbocycles. The molecule has 0 heterocycles. The van der Waals surface area contributed by atoms with Crippen LogP contribution in [0, 0.1) is 26.2 Å². The number of carboxylic acids is 2. The van der Waals surface area contributed by atoms with Gasteiger partial charge in [-0.3, -0.25) is 9.59 Å². The van der Waals surface area contributed by atoms with Crippen LogP contribution in [0.4, 0.5) is 0 Å². The summed E-state index contributed by atoms with van der Waals surface area (Å²) in [6, 6.07) is 1.61. The van der Waals surface area contributed by atoms with Crippen LogP contribution in [0.2, 0.25) is 0 Å². The fraction of sp³-hybridized carbons (Fsp3) is 0.400. The Kier molecular flexibility index (Phi) is 3.49. The Hall–Kier alpha value is -2.37. The van der Waals surface area contributed by atoms with Crippen molar-refractivity contribution >= 4 is 17.9 Å². The molecule has 21 heavy (non-hydrogen) atoms. The maximum absolute atomic E-state index is 12.1. The number of ether oxygens (including phenoxy) is 1. The van der Waals surface area contributed by atoms with Crippen molar-refractivity contribution in [3.8, 4) is 5.75 Å². The van der Waals surface area contributed by atoms with Crippen molar-refractivity contribution < 1.29 is 29.3 Å². The smallest absolute Gasteiger partial charge is 0.336 e. The molecule has 2 N–H and O–H groups in total. The van der Waals surface area contributed by atoms with Crippen molar-refractivity contribution in [2.75, 3.05) is 0 Å². The van der Waals surface area contributed by atoms with Gasteiger partial charge in [-0.15, -0.1) is 0 Å². The molecule has 1 aliphatic rings. The van der Waals surface area contributed by atoms with Crippen LogP contribution in [0.3, 0.4) is 0 Å². The van der Waals surface area contributed by atoms with E-state index in [0.29, 0.717) is 16.7 Å². The lowest BCUT2D eigenvalue weighted by atomic mass is 9.98. The van der Waals surface area contributed by atoms with Crippen LogP contribution in [-0.4, -0.2) is 28.1 Å². The molecule has 1 aromatic carbocycles. The maximum atomic E-state index is 12.1. The molecule has 6 heteroatoms. The Balaban J connectivity index is 2.42. The van der Waals surface area contributed by atoms with Gasteiger partial charge >= 0.3 is 17.9 Å². The Morgan fingerprint density at radius 1 is 1.10 bits per heavy atom. The Labute approximate surface area is 121 Å². The second-order valence-electron chi connectivity index (χ2n) is 5.42. The van der Waals surface area contributed by atoms with E-state index < -0.39 is 23.3 Å². The molecule has 0 spiro atoms. The molecular formula is C15H16O6. The van der Waals surface area contributed by atoms with Crippen molar-refractivity contribution in [3.63, 3.8) is 0 Å². The van der Waals surface area contributed by atoms with Crippen LogP contribution >= 0.6 is 0 Å². The number of hydrogen-bond donors (Lipinski definition) is 2. The number of carbonyl (C=O) groups is 3. The normalized spacial score (nSPS) is 15.4. The van der Waals surface area contributed by atoms with Gasteiger partial charge in [-0.2, -0.15) is 0 Å². The second-order valence-corrected chi connectivity index (χ2v) is 5.42. The number of carbonyl (C=O) groups excluding carboxylic acids is 1. The van der Waals surface area contributed by atoms with E-state index in [2.05, 4.69) is 0 Å². The molecule has 112 valence electrons. The number of carboxylic acid groups (broad SMARTS) is 2. The number of esters is 1. The predicted octanol–water partition coefficient (Wildman–Crippen LogP) is 2.08. The van der Waals surface area contributed by atoms with Crippen LogP contribution in [0.25, 0.3) is 0 Å². The lowest BCUT2D eigenvalue weighted by molar-refractivity contribution is -0.155. The summed E-state index contributed by atoms with van der Waals surface area (Å²) in [5.41, 5.74) is 0.104. The summed E-state index contributed by atoms with van der Waals surface area (Å²) in [6.45, 7) is 4.90. The van der Waals surface area contributed by atoms with E-state index in [0.717, 1.165) is 0 Å². The first-order valence-electron chi connectivity index (χ1n) is 6.50. The van der Waals surface area contributed by atoms with Crippen molar-refractivity contribution in [1.82, 2.24) is 0 Å². The van der Waals surface area contributed by atoms with Crippen molar-refractivity contribution in [2.24, 2.45) is 5.41 Å². The van der Waals surface area contributed by atoms with Gasteiger partial charge in [-0.25, -0.2) is 4.79 Å². The number of hydrogen-bond acceptors (Lipinski definition) is 4. The van der Waals surface area contributed by atoms with Gasteiger partial charge in [-0.1, -0.05) is 6.07 Å². The molecular weight excluding hydrogens is 276 g/mol.